The van der Waals surface area contributed by atoms with E-state index in [0.717, 1.165) is 5.69 Å². The number of likely N-dealkylation sites (tertiary alicyclic amines) is 1. The number of hydrogen-bond donors (Lipinski definition) is 1. The first-order valence-corrected chi connectivity index (χ1v) is 8.09. The summed E-state index contributed by atoms with van der Waals surface area (Å²) in [6, 6.07) is 7.16. The van der Waals surface area contributed by atoms with Crippen LogP contribution < -0.4 is 0 Å². The third-order valence-electron chi connectivity index (χ3n) is 4.44. The molecule has 24 heavy (non-hydrogen) atoms. The second kappa shape index (κ2) is 6.28. The third-order valence-corrected chi connectivity index (χ3v) is 4.69. The Bertz CT molecular complexity index is 785. The smallest absolute Gasteiger partial charge is 0.308 e. The van der Waals surface area contributed by atoms with Crippen molar-refractivity contribution in [3.05, 3.63) is 46.7 Å². The van der Waals surface area contributed by atoms with Gasteiger partial charge >= 0.3 is 5.97 Å². The normalized spacial score (nSPS) is 20.4. The van der Waals surface area contributed by atoms with Crippen LogP contribution in [0.4, 0.5) is 0 Å². The van der Waals surface area contributed by atoms with E-state index in [0.29, 0.717) is 22.8 Å². The number of amides is 1. The van der Waals surface area contributed by atoms with E-state index in [1.165, 1.54) is 0 Å². The minimum Gasteiger partial charge on any atom is -0.481 e. The first kappa shape index (κ1) is 16.5. The standard InChI is InChI=1S/C17H18ClN3O3/c1-10-7-20(8-14(10)17(23)24)16(22)15-9-21(19-11(15)2)13-5-3-12(18)4-6-13/h3-6,9-10,14H,7-8H2,1-2H3,(H,23,24)/t10-,14-/m1/s1. The lowest BCUT2D eigenvalue weighted by Crippen LogP contribution is -2.30. The van der Waals surface area contributed by atoms with Crippen LogP contribution in [0.25, 0.3) is 5.69 Å². The molecule has 2 heterocycles. The molecular weight excluding hydrogens is 330 g/mol. The summed E-state index contributed by atoms with van der Waals surface area (Å²) in [5.41, 5.74) is 1.91. The molecule has 0 bridgehead atoms. The number of carbonyl (C=O) groups excluding carboxylic acids is 1. The highest BCUT2D eigenvalue weighted by Gasteiger charge is 2.37. The fourth-order valence-corrected chi connectivity index (χ4v) is 3.15. The van der Waals surface area contributed by atoms with Crippen molar-refractivity contribution < 1.29 is 14.7 Å². The highest BCUT2D eigenvalue weighted by atomic mass is 35.5. The molecule has 1 aliphatic rings. The number of nitrogens with zero attached hydrogens (tertiary/aromatic N) is 3. The maximum absolute atomic E-state index is 12.7. The number of aliphatic carboxylic acids is 1. The van der Waals surface area contributed by atoms with Crippen molar-refractivity contribution in [1.29, 1.82) is 0 Å². The van der Waals surface area contributed by atoms with Gasteiger partial charge in [0.15, 0.2) is 0 Å². The number of carbonyl (C=O) groups is 2. The number of rotatable bonds is 3. The van der Waals surface area contributed by atoms with Gasteiger partial charge in [0.05, 0.1) is 22.9 Å². The molecule has 7 heteroatoms. The van der Waals surface area contributed by atoms with Crippen LogP contribution in [0, 0.1) is 18.8 Å². The Hall–Kier alpha value is -2.34. The summed E-state index contributed by atoms with van der Waals surface area (Å²) in [7, 11) is 0. The SMILES string of the molecule is Cc1nn(-c2ccc(Cl)cc2)cc1C(=O)N1C[C@@H](C)[C@H](C(=O)O)C1. The van der Waals surface area contributed by atoms with Crippen LogP contribution in [0.15, 0.2) is 30.5 Å². The van der Waals surface area contributed by atoms with Crippen molar-refractivity contribution in [3.63, 3.8) is 0 Å². The van der Waals surface area contributed by atoms with E-state index in [1.807, 2.05) is 19.1 Å². The summed E-state index contributed by atoms with van der Waals surface area (Å²) in [6.45, 7) is 4.31. The van der Waals surface area contributed by atoms with Gasteiger partial charge in [-0.05, 0) is 37.1 Å². The Kier molecular flexibility index (Phi) is 4.32. The van der Waals surface area contributed by atoms with E-state index >= 15 is 0 Å². The number of carboxylic acids is 1. The summed E-state index contributed by atoms with van der Waals surface area (Å²) >= 11 is 5.89. The van der Waals surface area contributed by atoms with E-state index in [-0.39, 0.29) is 18.4 Å². The number of benzene rings is 1. The van der Waals surface area contributed by atoms with Crippen molar-refractivity contribution in [1.82, 2.24) is 14.7 Å². The maximum Gasteiger partial charge on any atom is 0.308 e. The molecule has 0 radical (unpaired) electrons. The van der Waals surface area contributed by atoms with Crippen LogP contribution in [0.5, 0.6) is 0 Å². The molecule has 1 aromatic heterocycles. The Balaban J connectivity index is 1.84. The molecule has 1 aromatic carbocycles. The van der Waals surface area contributed by atoms with Gasteiger partial charge in [0.1, 0.15) is 0 Å². The highest BCUT2D eigenvalue weighted by Crippen LogP contribution is 2.25. The second-order valence-corrected chi connectivity index (χ2v) is 6.62. The van der Waals surface area contributed by atoms with Crippen molar-refractivity contribution in [2.45, 2.75) is 13.8 Å². The van der Waals surface area contributed by atoms with Crippen molar-refractivity contribution in [2.24, 2.45) is 11.8 Å². The number of halogens is 1. The van der Waals surface area contributed by atoms with Gasteiger partial charge in [0.25, 0.3) is 5.91 Å². The van der Waals surface area contributed by atoms with E-state index in [2.05, 4.69) is 5.10 Å². The molecule has 1 N–H and O–H groups in total. The van der Waals surface area contributed by atoms with Gasteiger partial charge in [0.2, 0.25) is 0 Å². The zero-order valence-electron chi connectivity index (χ0n) is 13.4. The minimum absolute atomic E-state index is 0.0573. The lowest BCUT2D eigenvalue weighted by atomic mass is 9.99. The average molecular weight is 348 g/mol. The molecule has 1 saturated heterocycles. The van der Waals surface area contributed by atoms with E-state index < -0.39 is 11.9 Å². The first-order valence-electron chi connectivity index (χ1n) is 7.71. The molecule has 0 saturated carbocycles. The summed E-state index contributed by atoms with van der Waals surface area (Å²) in [5.74, 6) is -1.60. The Morgan fingerprint density at radius 1 is 1.25 bits per heavy atom. The predicted molar refractivity (Wildman–Crippen MR) is 89.5 cm³/mol. The summed E-state index contributed by atoms with van der Waals surface area (Å²) in [6.07, 6.45) is 1.68. The monoisotopic (exact) mass is 347 g/mol. The van der Waals surface area contributed by atoms with Crippen LogP contribution in [0.1, 0.15) is 23.0 Å². The van der Waals surface area contributed by atoms with E-state index in [1.54, 1.807) is 34.8 Å². The molecule has 126 valence electrons. The number of aryl methyl sites for hydroxylation is 1. The van der Waals surface area contributed by atoms with Gasteiger partial charge in [-0.25, -0.2) is 4.68 Å². The fraction of sp³-hybridized carbons (Fsp3) is 0.353. The van der Waals surface area contributed by atoms with Crippen LogP contribution in [-0.4, -0.2) is 44.8 Å². The molecule has 1 fully saturated rings. The quantitative estimate of drug-likeness (QED) is 0.926. The molecule has 6 nitrogen and oxygen atoms in total. The Morgan fingerprint density at radius 2 is 1.92 bits per heavy atom. The maximum atomic E-state index is 12.7. The number of hydrogen-bond acceptors (Lipinski definition) is 3. The first-order chi connectivity index (χ1) is 11.4. The van der Waals surface area contributed by atoms with Gasteiger partial charge in [-0.15, -0.1) is 0 Å². The zero-order chi connectivity index (χ0) is 17.4. The molecule has 0 aliphatic carbocycles. The molecule has 0 spiro atoms. The number of carboxylic acid groups (broad SMARTS) is 1. The largest absolute Gasteiger partial charge is 0.481 e. The number of aromatic nitrogens is 2. The van der Waals surface area contributed by atoms with Gasteiger partial charge in [-0.1, -0.05) is 18.5 Å². The van der Waals surface area contributed by atoms with Crippen LogP contribution >= 0.6 is 11.6 Å². The fourth-order valence-electron chi connectivity index (χ4n) is 3.02. The third kappa shape index (κ3) is 3.01. The Morgan fingerprint density at radius 3 is 2.50 bits per heavy atom. The molecular formula is C17H18ClN3O3. The van der Waals surface area contributed by atoms with E-state index in [4.69, 9.17) is 11.6 Å². The molecule has 2 atom stereocenters. The van der Waals surface area contributed by atoms with Gasteiger partial charge in [-0.2, -0.15) is 5.10 Å². The van der Waals surface area contributed by atoms with Gasteiger partial charge in [-0.3, -0.25) is 9.59 Å². The van der Waals surface area contributed by atoms with Crippen LogP contribution in [-0.2, 0) is 4.79 Å². The van der Waals surface area contributed by atoms with Crippen molar-refractivity contribution >= 4 is 23.5 Å². The zero-order valence-corrected chi connectivity index (χ0v) is 14.2. The molecule has 3 rings (SSSR count). The van der Waals surface area contributed by atoms with E-state index in [9.17, 15) is 14.7 Å². The van der Waals surface area contributed by atoms with Crippen molar-refractivity contribution in [3.8, 4) is 5.69 Å². The highest BCUT2D eigenvalue weighted by molar-refractivity contribution is 6.30. The lowest BCUT2D eigenvalue weighted by molar-refractivity contribution is -0.142. The summed E-state index contributed by atoms with van der Waals surface area (Å²) < 4.78 is 1.63. The summed E-state index contributed by atoms with van der Waals surface area (Å²) in [4.78, 5) is 25.6. The lowest BCUT2D eigenvalue weighted by Gasteiger charge is -2.15. The molecule has 0 unspecified atom stereocenters. The average Bonchev–Trinajstić information content (AvgIpc) is 3.11. The minimum atomic E-state index is -0.855. The topological polar surface area (TPSA) is 75.4 Å². The van der Waals surface area contributed by atoms with Gasteiger partial charge < -0.3 is 10.0 Å². The van der Waals surface area contributed by atoms with Crippen LogP contribution in [0.3, 0.4) is 0 Å². The van der Waals surface area contributed by atoms with Gasteiger partial charge in [0, 0.05) is 24.3 Å². The predicted octanol–water partition coefficient (Wildman–Crippen LogP) is 2.63. The molecule has 2 aromatic rings. The molecule has 1 amide bonds. The summed E-state index contributed by atoms with van der Waals surface area (Å²) in [5, 5.41) is 14.2. The second-order valence-electron chi connectivity index (χ2n) is 6.18. The Labute approximate surface area is 144 Å². The molecule has 1 aliphatic heterocycles. The van der Waals surface area contributed by atoms with Crippen LogP contribution in [0.2, 0.25) is 5.02 Å². The van der Waals surface area contributed by atoms with Crippen molar-refractivity contribution in [2.75, 3.05) is 13.1 Å².